The summed E-state index contributed by atoms with van der Waals surface area (Å²) in [4.78, 5) is 0. The molecule has 6 aromatic rings. The summed E-state index contributed by atoms with van der Waals surface area (Å²) < 4.78 is 2.73. The number of benzene rings is 4. The number of fused-ring (bicyclic) bond motifs is 7. The van der Waals surface area contributed by atoms with Crippen LogP contribution in [0.15, 0.2) is 71.4 Å². The molecule has 0 radical (unpaired) electrons. The van der Waals surface area contributed by atoms with Crippen LogP contribution in [0.4, 0.5) is 0 Å². The van der Waals surface area contributed by atoms with E-state index >= 15 is 0 Å². The van der Waals surface area contributed by atoms with Crippen LogP contribution in [0.25, 0.3) is 52.5 Å². The SMILES string of the molecule is c1cc2cc3ccc4c5cc6sccc6cc5ccc4c3cc2s1. The van der Waals surface area contributed by atoms with Crippen molar-refractivity contribution in [3.8, 4) is 0 Å². The van der Waals surface area contributed by atoms with Crippen LogP contribution in [0.1, 0.15) is 0 Å². The quantitative estimate of drug-likeness (QED) is 0.250. The Balaban J connectivity index is 1.84. The van der Waals surface area contributed by atoms with Gasteiger partial charge in [0, 0.05) is 9.40 Å². The normalized spacial score (nSPS) is 12.2. The van der Waals surface area contributed by atoms with Crippen LogP contribution in [-0.4, -0.2) is 0 Å². The van der Waals surface area contributed by atoms with Crippen molar-refractivity contribution in [1.82, 2.24) is 0 Å². The van der Waals surface area contributed by atoms with Gasteiger partial charge < -0.3 is 0 Å². The van der Waals surface area contributed by atoms with Gasteiger partial charge in [0.25, 0.3) is 0 Å². The van der Waals surface area contributed by atoms with Crippen molar-refractivity contribution in [3.05, 3.63) is 71.4 Å². The Morgan fingerprint density at radius 1 is 0.417 bits per heavy atom. The highest BCUT2D eigenvalue weighted by atomic mass is 32.1. The molecule has 2 aromatic heterocycles. The third-order valence-electron chi connectivity index (χ3n) is 4.98. The van der Waals surface area contributed by atoms with E-state index in [1.165, 1.54) is 52.5 Å². The Bertz CT molecular complexity index is 1290. The zero-order valence-corrected chi connectivity index (χ0v) is 14.4. The average molecular weight is 340 g/mol. The van der Waals surface area contributed by atoms with Gasteiger partial charge in [-0.05, 0) is 90.2 Å². The second kappa shape index (κ2) is 4.56. The summed E-state index contributed by atoms with van der Waals surface area (Å²) in [6, 6.07) is 22.9. The lowest BCUT2D eigenvalue weighted by Crippen LogP contribution is -1.81. The highest BCUT2D eigenvalue weighted by molar-refractivity contribution is 7.17. The van der Waals surface area contributed by atoms with Crippen LogP contribution in [0, 0.1) is 0 Å². The summed E-state index contributed by atoms with van der Waals surface area (Å²) in [5.74, 6) is 0. The minimum atomic E-state index is 1.32. The Morgan fingerprint density at radius 3 is 1.42 bits per heavy atom. The predicted molar refractivity (Wildman–Crippen MR) is 110 cm³/mol. The lowest BCUT2D eigenvalue weighted by atomic mass is 9.96. The molecule has 2 heteroatoms. The van der Waals surface area contributed by atoms with Crippen LogP contribution >= 0.6 is 22.7 Å². The maximum atomic E-state index is 2.35. The van der Waals surface area contributed by atoms with Gasteiger partial charge in [0.2, 0.25) is 0 Å². The van der Waals surface area contributed by atoms with Crippen LogP contribution < -0.4 is 0 Å². The molecule has 0 aliphatic heterocycles. The van der Waals surface area contributed by atoms with E-state index in [-0.39, 0.29) is 0 Å². The summed E-state index contributed by atoms with van der Waals surface area (Å²) in [5, 5.41) is 15.1. The molecule has 0 unspecified atom stereocenters. The Hall–Kier alpha value is -2.42. The molecule has 0 aliphatic rings. The molecule has 0 nitrogen and oxygen atoms in total. The van der Waals surface area contributed by atoms with Crippen LogP contribution in [0.5, 0.6) is 0 Å². The Kier molecular flexibility index (Phi) is 2.46. The van der Waals surface area contributed by atoms with Gasteiger partial charge >= 0.3 is 0 Å². The maximum Gasteiger partial charge on any atom is 0.0349 e. The topological polar surface area (TPSA) is 0 Å². The van der Waals surface area contributed by atoms with E-state index in [0.717, 1.165) is 0 Å². The second-order valence-electron chi connectivity index (χ2n) is 6.29. The van der Waals surface area contributed by atoms with Gasteiger partial charge in [-0.25, -0.2) is 0 Å². The Morgan fingerprint density at radius 2 is 0.917 bits per heavy atom. The maximum absolute atomic E-state index is 2.35. The molecule has 24 heavy (non-hydrogen) atoms. The van der Waals surface area contributed by atoms with Crippen molar-refractivity contribution in [1.29, 1.82) is 0 Å². The van der Waals surface area contributed by atoms with E-state index in [1.807, 2.05) is 22.7 Å². The van der Waals surface area contributed by atoms with Crippen molar-refractivity contribution >= 4 is 75.2 Å². The van der Waals surface area contributed by atoms with Gasteiger partial charge in [-0.1, -0.05) is 24.3 Å². The summed E-state index contributed by atoms with van der Waals surface area (Å²) in [5.41, 5.74) is 0. The monoisotopic (exact) mass is 340 g/mol. The first-order chi connectivity index (χ1) is 11.9. The van der Waals surface area contributed by atoms with E-state index in [0.29, 0.717) is 0 Å². The molecule has 0 saturated carbocycles. The van der Waals surface area contributed by atoms with Gasteiger partial charge in [-0.15, -0.1) is 22.7 Å². The summed E-state index contributed by atoms with van der Waals surface area (Å²) in [6.45, 7) is 0. The minimum absolute atomic E-state index is 1.32. The van der Waals surface area contributed by atoms with Crippen molar-refractivity contribution in [2.75, 3.05) is 0 Å². The largest absolute Gasteiger partial charge is 0.144 e. The zero-order valence-electron chi connectivity index (χ0n) is 12.7. The van der Waals surface area contributed by atoms with Gasteiger partial charge in [-0.3, -0.25) is 0 Å². The lowest BCUT2D eigenvalue weighted by Gasteiger charge is -2.08. The smallest absolute Gasteiger partial charge is 0.0349 e. The molecule has 0 spiro atoms. The highest BCUT2D eigenvalue weighted by Crippen LogP contribution is 2.36. The predicted octanol–water partition coefficient (Wildman–Crippen LogP) is 7.58. The van der Waals surface area contributed by atoms with Crippen LogP contribution in [0.3, 0.4) is 0 Å². The zero-order chi connectivity index (χ0) is 15.7. The first-order valence-electron chi connectivity index (χ1n) is 8.00. The first-order valence-corrected chi connectivity index (χ1v) is 9.76. The van der Waals surface area contributed by atoms with Gasteiger partial charge in [0.1, 0.15) is 0 Å². The van der Waals surface area contributed by atoms with Crippen molar-refractivity contribution in [2.24, 2.45) is 0 Å². The molecule has 112 valence electrons. The molecule has 0 saturated heterocycles. The molecule has 4 aromatic carbocycles. The van der Waals surface area contributed by atoms with Gasteiger partial charge in [-0.2, -0.15) is 0 Å². The van der Waals surface area contributed by atoms with E-state index in [2.05, 4.69) is 71.4 Å². The number of thiophene rings is 2. The molecule has 0 amide bonds. The summed E-state index contributed by atoms with van der Waals surface area (Å²) >= 11 is 3.64. The van der Waals surface area contributed by atoms with Crippen molar-refractivity contribution in [3.63, 3.8) is 0 Å². The fourth-order valence-corrected chi connectivity index (χ4v) is 5.41. The second-order valence-corrected chi connectivity index (χ2v) is 8.19. The van der Waals surface area contributed by atoms with E-state index in [9.17, 15) is 0 Å². The van der Waals surface area contributed by atoms with Crippen LogP contribution in [-0.2, 0) is 0 Å². The minimum Gasteiger partial charge on any atom is -0.144 e. The average Bonchev–Trinajstić information content (AvgIpc) is 3.25. The van der Waals surface area contributed by atoms with Crippen LogP contribution in [0.2, 0.25) is 0 Å². The molecular formula is C22H12S2. The molecule has 0 fully saturated rings. The van der Waals surface area contributed by atoms with E-state index in [1.54, 1.807) is 0 Å². The lowest BCUT2D eigenvalue weighted by molar-refractivity contribution is 1.86. The first kappa shape index (κ1) is 12.9. The van der Waals surface area contributed by atoms with Crippen molar-refractivity contribution < 1.29 is 0 Å². The van der Waals surface area contributed by atoms with Gasteiger partial charge in [0.05, 0.1) is 0 Å². The molecule has 0 N–H and O–H groups in total. The summed E-state index contributed by atoms with van der Waals surface area (Å²) in [7, 11) is 0. The highest BCUT2D eigenvalue weighted by Gasteiger charge is 2.08. The third kappa shape index (κ3) is 1.67. The molecule has 0 bridgehead atoms. The van der Waals surface area contributed by atoms with Gasteiger partial charge in [0.15, 0.2) is 0 Å². The number of hydrogen-bond acceptors (Lipinski definition) is 2. The molecular weight excluding hydrogens is 328 g/mol. The molecule has 2 heterocycles. The Labute approximate surface area is 146 Å². The van der Waals surface area contributed by atoms with E-state index in [4.69, 9.17) is 0 Å². The van der Waals surface area contributed by atoms with Crippen molar-refractivity contribution in [2.45, 2.75) is 0 Å². The fourth-order valence-electron chi connectivity index (χ4n) is 3.79. The number of hydrogen-bond donors (Lipinski definition) is 0. The third-order valence-corrected chi connectivity index (χ3v) is 6.74. The van der Waals surface area contributed by atoms with E-state index < -0.39 is 0 Å². The summed E-state index contributed by atoms with van der Waals surface area (Å²) in [6.07, 6.45) is 0. The number of rotatable bonds is 0. The molecule has 0 aliphatic carbocycles. The fraction of sp³-hybridized carbons (Fsp3) is 0. The molecule has 6 rings (SSSR count). The standard InChI is InChI=1S/C22H12S2/c1-3-17-18(19-11-21-15(5-7-23-21)9-13(1)19)4-2-14-10-16-6-8-24-22(16)12-20(14)17/h1-12H. The molecule has 0 atom stereocenters.